The van der Waals surface area contributed by atoms with Crippen molar-refractivity contribution in [3.63, 3.8) is 0 Å². The molecule has 0 amide bonds. The van der Waals surface area contributed by atoms with Gasteiger partial charge in [-0.15, -0.1) is 12.4 Å². The summed E-state index contributed by atoms with van der Waals surface area (Å²) >= 11 is 2.01. The first-order chi connectivity index (χ1) is 9.15. The summed E-state index contributed by atoms with van der Waals surface area (Å²) in [4.78, 5) is 2.26. The first-order valence-corrected chi connectivity index (χ1v) is 8.08. The second-order valence-corrected chi connectivity index (χ2v) is 6.47. The number of aromatic nitrogens is 1. The van der Waals surface area contributed by atoms with E-state index in [2.05, 4.69) is 61.8 Å². The third kappa shape index (κ3) is 3.72. The van der Waals surface area contributed by atoms with Gasteiger partial charge in [-0.3, -0.25) is 0 Å². The van der Waals surface area contributed by atoms with Crippen molar-refractivity contribution < 1.29 is 0 Å². The Morgan fingerprint density at radius 1 is 1.20 bits per heavy atom. The van der Waals surface area contributed by atoms with Gasteiger partial charge in [0.25, 0.3) is 0 Å². The number of thioether (sulfide) groups is 1. The summed E-state index contributed by atoms with van der Waals surface area (Å²) in [5.41, 5.74) is 4.39. The molecule has 0 N–H and O–H groups in total. The molecule has 0 unspecified atom stereocenters. The van der Waals surface area contributed by atoms with Gasteiger partial charge < -0.3 is 9.47 Å². The summed E-state index contributed by atoms with van der Waals surface area (Å²) in [6, 6.07) is 8.78. The molecule has 0 aliphatic carbocycles. The van der Waals surface area contributed by atoms with E-state index >= 15 is 0 Å². The normalized spacial score (nSPS) is 11.1. The van der Waals surface area contributed by atoms with Gasteiger partial charge in [-0.25, -0.2) is 0 Å². The van der Waals surface area contributed by atoms with Crippen molar-refractivity contribution in [1.29, 1.82) is 0 Å². The number of hydrogen-bond acceptors (Lipinski definition) is 2. The lowest BCUT2D eigenvalue weighted by molar-refractivity contribution is 0.409. The van der Waals surface area contributed by atoms with Gasteiger partial charge in [0.2, 0.25) is 0 Å². The van der Waals surface area contributed by atoms with Crippen molar-refractivity contribution in [2.24, 2.45) is 7.05 Å². The average Bonchev–Trinajstić information content (AvgIpc) is 2.67. The number of likely N-dealkylation sites (N-methyl/N-ethyl adjacent to an activating group) is 1. The minimum atomic E-state index is 0. The molecule has 0 bridgehead atoms. The van der Waals surface area contributed by atoms with Crippen LogP contribution in [0.25, 0.3) is 10.9 Å². The van der Waals surface area contributed by atoms with Gasteiger partial charge in [0.05, 0.1) is 0 Å². The monoisotopic (exact) mass is 312 g/mol. The van der Waals surface area contributed by atoms with Crippen LogP contribution in [-0.4, -0.2) is 35.9 Å². The van der Waals surface area contributed by atoms with E-state index in [0.29, 0.717) is 0 Å². The highest BCUT2D eigenvalue weighted by molar-refractivity contribution is 7.98. The van der Waals surface area contributed by atoms with Crippen LogP contribution in [0.3, 0.4) is 0 Å². The zero-order chi connectivity index (χ0) is 13.8. The van der Waals surface area contributed by atoms with Crippen molar-refractivity contribution in [2.45, 2.75) is 19.1 Å². The molecule has 1 aromatic carbocycles. The summed E-state index contributed by atoms with van der Waals surface area (Å²) in [6.45, 7) is 3.34. The highest BCUT2D eigenvalue weighted by Crippen LogP contribution is 2.29. The fourth-order valence-corrected chi connectivity index (χ4v) is 3.27. The molecule has 0 fully saturated rings. The van der Waals surface area contributed by atoms with Gasteiger partial charge in [0.15, 0.2) is 0 Å². The SMILES string of the molecule is CCSCc1c(CCN(C)C)n(C)c2ccccc12.Cl. The van der Waals surface area contributed by atoms with E-state index in [9.17, 15) is 0 Å². The van der Waals surface area contributed by atoms with Gasteiger partial charge in [-0.1, -0.05) is 25.1 Å². The molecule has 2 nitrogen and oxygen atoms in total. The second-order valence-electron chi connectivity index (χ2n) is 5.19. The molecule has 0 saturated carbocycles. The largest absolute Gasteiger partial charge is 0.347 e. The fourth-order valence-electron chi connectivity index (χ4n) is 2.54. The Labute approximate surface area is 132 Å². The van der Waals surface area contributed by atoms with Crippen LogP contribution in [-0.2, 0) is 19.2 Å². The molecule has 4 heteroatoms. The summed E-state index contributed by atoms with van der Waals surface area (Å²) in [6.07, 6.45) is 1.12. The Hall–Kier alpha value is -0.640. The lowest BCUT2D eigenvalue weighted by Crippen LogP contribution is -2.17. The zero-order valence-corrected chi connectivity index (χ0v) is 14.5. The fraction of sp³-hybridized carbons (Fsp3) is 0.500. The van der Waals surface area contributed by atoms with E-state index in [0.717, 1.165) is 18.7 Å². The van der Waals surface area contributed by atoms with Gasteiger partial charge in [-0.05, 0) is 31.5 Å². The quantitative estimate of drug-likeness (QED) is 0.798. The Balaban J connectivity index is 0.00000200. The third-order valence-electron chi connectivity index (χ3n) is 3.59. The number of para-hydroxylation sites is 1. The van der Waals surface area contributed by atoms with Crippen molar-refractivity contribution in [2.75, 3.05) is 26.4 Å². The first kappa shape index (κ1) is 17.4. The molecule has 20 heavy (non-hydrogen) atoms. The van der Waals surface area contributed by atoms with Crippen LogP contribution in [0.4, 0.5) is 0 Å². The van der Waals surface area contributed by atoms with Gasteiger partial charge in [-0.2, -0.15) is 11.8 Å². The molecule has 0 aliphatic heterocycles. The second kappa shape index (κ2) is 7.96. The van der Waals surface area contributed by atoms with Crippen molar-refractivity contribution in [3.05, 3.63) is 35.5 Å². The van der Waals surface area contributed by atoms with Crippen LogP contribution in [0.2, 0.25) is 0 Å². The number of hydrogen-bond donors (Lipinski definition) is 0. The Kier molecular flexibility index (Phi) is 6.93. The molecule has 2 rings (SSSR count). The Morgan fingerprint density at radius 3 is 2.55 bits per heavy atom. The molecule has 112 valence electrons. The topological polar surface area (TPSA) is 8.17 Å². The third-order valence-corrected chi connectivity index (χ3v) is 4.49. The number of benzene rings is 1. The molecule has 1 aromatic heterocycles. The molecule has 0 saturated heterocycles. The predicted octanol–water partition coefficient (Wildman–Crippen LogP) is 3.96. The summed E-state index contributed by atoms with van der Waals surface area (Å²) < 4.78 is 2.38. The Bertz CT molecular complexity index is 549. The van der Waals surface area contributed by atoms with E-state index in [1.807, 2.05) is 11.8 Å². The zero-order valence-electron chi connectivity index (χ0n) is 12.8. The number of fused-ring (bicyclic) bond motifs is 1. The summed E-state index contributed by atoms with van der Waals surface area (Å²) in [5, 5.41) is 1.43. The number of rotatable bonds is 6. The van der Waals surface area contributed by atoms with Gasteiger partial charge in [0.1, 0.15) is 0 Å². The first-order valence-electron chi connectivity index (χ1n) is 6.92. The van der Waals surface area contributed by atoms with Crippen LogP contribution in [0.1, 0.15) is 18.2 Å². The van der Waals surface area contributed by atoms with Gasteiger partial charge >= 0.3 is 0 Å². The van der Waals surface area contributed by atoms with Crippen molar-refractivity contribution in [3.8, 4) is 0 Å². The van der Waals surface area contributed by atoms with E-state index in [-0.39, 0.29) is 12.4 Å². The van der Waals surface area contributed by atoms with Crippen LogP contribution in [0.5, 0.6) is 0 Å². The minimum absolute atomic E-state index is 0. The lowest BCUT2D eigenvalue weighted by Gasteiger charge is -2.12. The summed E-state index contributed by atoms with van der Waals surface area (Å²) in [5.74, 6) is 2.30. The van der Waals surface area contributed by atoms with Crippen molar-refractivity contribution >= 4 is 35.1 Å². The molecule has 0 spiro atoms. The maximum absolute atomic E-state index is 2.38. The molecule has 1 heterocycles. The van der Waals surface area contributed by atoms with Gasteiger partial charge in [0, 0.05) is 42.4 Å². The number of nitrogens with zero attached hydrogens (tertiary/aromatic N) is 2. The average molecular weight is 313 g/mol. The lowest BCUT2D eigenvalue weighted by atomic mass is 10.1. The summed E-state index contributed by atoms with van der Waals surface area (Å²) in [7, 11) is 6.49. The van der Waals surface area contributed by atoms with Crippen LogP contribution in [0, 0.1) is 0 Å². The van der Waals surface area contributed by atoms with Crippen LogP contribution in [0.15, 0.2) is 24.3 Å². The van der Waals surface area contributed by atoms with Crippen LogP contribution < -0.4 is 0 Å². The molecular weight excluding hydrogens is 288 g/mol. The minimum Gasteiger partial charge on any atom is -0.347 e. The number of aryl methyl sites for hydroxylation is 1. The van der Waals surface area contributed by atoms with Crippen molar-refractivity contribution in [1.82, 2.24) is 9.47 Å². The molecule has 0 atom stereocenters. The van der Waals surface area contributed by atoms with E-state index in [4.69, 9.17) is 0 Å². The smallest absolute Gasteiger partial charge is 0.0483 e. The maximum Gasteiger partial charge on any atom is 0.0483 e. The van der Waals surface area contributed by atoms with E-state index < -0.39 is 0 Å². The molecule has 0 radical (unpaired) electrons. The predicted molar refractivity (Wildman–Crippen MR) is 94.3 cm³/mol. The Morgan fingerprint density at radius 2 is 1.90 bits per heavy atom. The molecule has 0 aliphatic rings. The standard InChI is InChI=1S/C16H24N2S.ClH/c1-5-19-12-14-13-8-6-7-9-15(13)18(4)16(14)10-11-17(2)3;/h6-9H,5,10-12H2,1-4H3;1H. The van der Waals surface area contributed by atoms with Crippen LogP contribution >= 0.6 is 24.2 Å². The van der Waals surface area contributed by atoms with E-state index in [1.165, 1.54) is 27.9 Å². The molecule has 2 aromatic rings. The number of halogens is 1. The maximum atomic E-state index is 2.38. The highest BCUT2D eigenvalue weighted by Gasteiger charge is 2.14. The highest BCUT2D eigenvalue weighted by atomic mass is 35.5. The van der Waals surface area contributed by atoms with E-state index in [1.54, 1.807) is 0 Å². The molecular formula is C16H25ClN2S.